The van der Waals surface area contributed by atoms with E-state index in [1.807, 2.05) is 6.07 Å². The second kappa shape index (κ2) is 8.18. The average molecular weight is 435 g/mol. The molecule has 0 bridgehead atoms. The van der Waals surface area contributed by atoms with E-state index in [0.717, 1.165) is 31.7 Å². The van der Waals surface area contributed by atoms with E-state index in [0.29, 0.717) is 12.1 Å². The summed E-state index contributed by atoms with van der Waals surface area (Å²) in [6.07, 6.45) is 2.48. The van der Waals surface area contributed by atoms with Crippen molar-refractivity contribution < 1.29 is 16.8 Å². The first kappa shape index (κ1) is 20.5. The summed E-state index contributed by atoms with van der Waals surface area (Å²) in [6.45, 7) is 4.43. The summed E-state index contributed by atoms with van der Waals surface area (Å²) in [4.78, 5) is 2.71. The molecule has 0 aliphatic carbocycles. The van der Waals surface area contributed by atoms with E-state index in [1.165, 1.54) is 31.0 Å². The minimum atomic E-state index is -3.80. The van der Waals surface area contributed by atoms with Crippen molar-refractivity contribution in [3.05, 3.63) is 59.7 Å². The van der Waals surface area contributed by atoms with Crippen molar-refractivity contribution in [2.24, 2.45) is 0 Å². The zero-order valence-corrected chi connectivity index (χ0v) is 17.9. The molecule has 0 amide bonds. The third-order valence-electron chi connectivity index (χ3n) is 5.75. The van der Waals surface area contributed by atoms with Crippen molar-refractivity contribution in [1.29, 1.82) is 0 Å². The average Bonchev–Trinajstić information content (AvgIpc) is 3.33. The van der Waals surface area contributed by atoms with Crippen LogP contribution < -0.4 is 5.32 Å². The van der Waals surface area contributed by atoms with Gasteiger partial charge in [0.15, 0.2) is 19.7 Å². The van der Waals surface area contributed by atoms with E-state index in [2.05, 4.69) is 10.2 Å². The SMILES string of the molecule is O=S1(=O)CC(S(=O)(=O)c2ccccc2)c2c(CNCCN3CCCC3)cccc21. The van der Waals surface area contributed by atoms with Crippen molar-refractivity contribution in [2.75, 3.05) is 31.9 Å². The Morgan fingerprint density at radius 2 is 1.72 bits per heavy atom. The fraction of sp³-hybridized carbons (Fsp3) is 0.429. The Balaban J connectivity index is 1.60. The molecular formula is C21H26N2O4S2. The van der Waals surface area contributed by atoms with E-state index in [4.69, 9.17) is 0 Å². The molecule has 0 radical (unpaired) electrons. The van der Waals surface area contributed by atoms with Crippen LogP contribution in [0.2, 0.25) is 0 Å². The summed E-state index contributed by atoms with van der Waals surface area (Å²) in [5, 5.41) is 2.30. The minimum Gasteiger partial charge on any atom is -0.311 e. The number of benzene rings is 2. The number of sulfone groups is 2. The summed E-state index contributed by atoms with van der Waals surface area (Å²) in [5.41, 5.74) is 1.18. The molecule has 1 atom stereocenters. The first-order valence-electron chi connectivity index (χ1n) is 9.96. The third-order valence-corrected chi connectivity index (χ3v) is 9.84. The van der Waals surface area contributed by atoms with Crippen molar-refractivity contribution >= 4 is 19.7 Å². The number of nitrogens with one attached hydrogen (secondary N) is 1. The Bertz CT molecular complexity index is 1080. The van der Waals surface area contributed by atoms with E-state index in [-0.39, 0.29) is 9.79 Å². The summed E-state index contributed by atoms with van der Waals surface area (Å²) in [5.74, 6) is -0.398. The predicted molar refractivity (Wildman–Crippen MR) is 112 cm³/mol. The molecular weight excluding hydrogens is 408 g/mol. The highest BCUT2D eigenvalue weighted by Gasteiger charge is 2.44. The van der Waals surface area contributed by atoms with Crippen LogP contribution in [0.4, 0.5) is 0 Å². The van der Waals surface area contributed by atoms with Crippen LogP contribution in [-0.2, 0) is 26.2 Å². The van der Waals surface area contributed by atoms with Crippen LogP contribution in [0, 0.1) is 0 Å². The molecule has 1 N–H and O–H groups in total. The molecule has 2 aromatic rings. The number of nitrogens with zero attached hydrogens (tertiary/aromatic N) is 1. The van der Waals surface area contributed by atoms with Crippen LogP contribution in [0.1, 0.15) is 29.2 Å². The summed E-state index contributed by atoms with van der Waals surface area (Å²) in [7, 11) is -7.43. The van der Waals surface area contributed by atoms with E-state index in [1.54, 1.807) is 24.3 Å². The molecule has 2 heterocycles. The van der Waals surface area contributed by atoms with E-state index >= 15 is 0 Å². The molecule has 6 nitrogen and oxygen atoms in total. The summed E-state index contributed by atoms with van der Waals surface area (Å²) < 4.78 is 51.9. The van der Waals surface area contributed by atoms with Gasteiger partial charge in [-0.2, -0.15) is 0 Å². The number of rotatable bonds is 7. The molecule has 1 unspecified atom stereocenters. The highest BCUT2D eigenvalue weighted by atomic mass is 32.2. The predicted octanol–water partition coefficient (Wildman–Crippen LogP) is 2.17. The van der Waals surface area contributed by atoms with Crippen LogP contribution in [0.3, 0.4) is 0 Å². The van der Waals surface area contributed by atoms with Gasteiger partial charge in [-0.3, -0.25) is 0 Å². The molecule has 8 heteroatoms. The fourth-order valence-electron chi connectivity index (χ4n) is 4.24. The lowest BCUT2D eigenvalue weighted by Crippen LogP contribution is -2.30. The van der Waals surface area contributed by atoms with Crippen molar-refractivity contribution in [2.45, 2.75) is 34.4 Å². The van der Waals surface area contributed by atoms with Gasteiger partial charge in [0.2, 0.25) is 0 Å². The van der Waals surface area contributed by atoms with Gasteiger partial charge in [0, 0.05) is 19.6 Å². The molecule has 156 valence electrons. The summed E-state index contributed by atoms with van der Waals surface area (Å²) in [6, 6.07) is 13.2. The van der Waals surface area contributed by atoms with Crippen LogP contribution in [0.15, 0.2) is 58.3 Å². The molecule has 1 fully saturated rings. The monoisotopic (exact) mass is 434 g/mol. The molecule has 0 spiro atoms. The van der Waals surface area contributed by atoms with Crippen LogP contribution in [-0.4, -0.2) is 53.7 Å². The maximum absolute atomic E-state index is 13.2. The topological polar surface area (TPSA) is 83.5 Å². The molecule has 0 aromatic heterocycles. The lowest BCUT2D eigenvalue weighted by Gasteiger charge is -2.17. The van der Waals surface area contributed by atoms with E-state index < -0.39 is 30.7 Å². The molecule has 0 saturated carbocycles. The van der Waals surface area contributed by atoms with Crippen LogP contribution in [0.25, 0.3) is 0 Å². The van der Waals surface area contributed by atoms with Gasteiger partial charge in [-0.05, 0) is 55.3 Å². The van der Waals surface area contributed by atoms with Gasteiger partial charge < -0.3 is 10.2 Å². The van der Waals surface area contributed by atoms with Crippen molar-refractivity contribution in [1.82, 2.24) is 10.2 Å². The smallest absolute Gasteiger partial charge is 0.186 e. The second-order valence-corrected chi connectivity index (χ2v) is 11.8. The first-order valence-corrected chi connectivity index (χ1v) is 13.2. The van der Waals surface area contributed by atoms with Gasteiger partial charge in [0.05, 0.1) is 15.5 Å². The standard InChI is InChI=1S/C21H26N2O4S2/c24-28(25)16-20(29(26,27)18-8-2-1-3-9-18)21-17(7-6-10-19(21)28)15-22-11-14-23-12-4-5-13-23/h1-3,6-10,20,22H,4-5,11-16H2. The van der Waals surface area contributed by atoms with E-state index in [9.17, 15) is 16.8 Å². The highest BCUT2D eigenvalue weighted by molar-refractivity contribution is 7.96. The molecule has 1 saturated heterocycles. The van der Waals surface area contributed by atoms with Gasteiger partial charge in [-0.15, -0.1) is 0 Å². The van der Waals surface area contributed by atoms with Gasteiger partial charge >= 0.3 is 0 Å². The van der Waals surface area contributed by atoms with Gasteiger partial charge in [-0.1, -0.05) is 30.3 Å². The number of hydrogen-bond acceptors (Lipinski definition) is 6. The molecule has 2 aromatic carbocycles. The van der Waals surface area contributed by atoms with Crippen molar-refractivity contribution in [3.8, 4) is 0 Å². The van der Waals surface area contributed by atoms with Gasteiger partial charge in [-0.25, -0.2) is 16.8 Å². The largest absolute Gasteiger partial charge is 0.311 e. The van der Waals surface area contributed by atoms with Crippen LogP contribution in [0.5, 0.6) is 0 Å². The normalized spacial score (nSPS) is 21.3. The Kier molecular flexibility index (Phi) is 5.79. The second-order valence-electron chi connectivity index (χ2n) is 7.68. The quantitative estimate of drug-likeness (QED) is 0.673. The Morgan fingerprint density at radius 1 is 1.00 bits per heavy atom. The Labute approximate surface area is 172 Å². The lowest BCUT2D eigenvalue weighted by molar-refractivity contribution is 0.335. The zero-order chi connectivity index (χ0) is 20.5. The van der Waals surface area contributed by atoms with Gasteiger partial charge in [0.25, 0.3) is 0 Å². The molecule has 4 rings (SSSR count). The van der Waals surface area contributed by atoms with Gasteiger partial charge in [0.1, 0.15) is 5.25 Å². The number of likely N-dealkylation sites (tertiary alicyclic amines) is 1. The maximum atomic E-state index is 13.2. The Morgan fingerprint density at radius 3 is 2.45 bits per heavy atom. The zero-order valence-electron chi connectivity index (χ0n) is 16.2. The third kappa shape index (κ3) is 4.12. The highest BCUT2D eigenvalue weighted by Crippen LogP contribution is 2.42. The number of fused-ring (bicyclic) bond motifs is 1. The lowest BCUT2D eigenvalue weighted by atomic mass is 10.1. The fourth-order valence-corrected chi connectivity index (χ4v) is 8.66. The molecule has 2 aliphatic rings. The van der Waals surface area contributed by atoms with Crippen LogP contribution >= 0.6 is 0 Å². The minimum absolute atomic E-state index is 0.154. The Hall–Kier alpha value is -1.74. The summed E-state index contributed by atoms with van der Waals surface area (Å²) >= 11 is 0. The maximum Gasteiger partial charge on any atom is 0.186 e. The molecule has 29 heavy (non-hydrogen) atoms. The first-order chi connectivity index (χ1) is 13.9. The molecule has 2 aliphatic heterocycles. The number of hydrogen-bond donors (Lipinski definition) is 1. The van der Waals surface area contributed by atoms with Crippen molar-refractivity contribution in [3.63, 3.8) is 0 Å².